The molecule has 39 heavy (non-hydrogen) atoms. The zero-order valence-corrected chi connectivity index (χ0v) is 22.6. The Hall–Kier alpha value is -4.57. The third-order valence-corrected chi connectivity index (χ3v) is 8.03. The summed E-state index contributed by atoms with van der Waals surface area (Å²) in [5, 5.41) is 3.97. The summed E-state index contributed by atoms with van der Waals surface area (Å²) in [4.78, 5) is 9.47. The lowest BCUT2D eigenvalue weighted by Crippen LogP contribution is -2.37. The van der Waals surface area contributed by atoms with Gasteiger partial charge in [-0.1, -0.05) is 54.6 Å². The van der Waals surface area contributed by atoms with Crippen LogP contribution in [-0.4, -0.2) is 25.1 Å². The highest BCUT2D eigenvalue weighted by Crippen LogP contribution is 2.33. The van der Waals surface area contributed by atoms with E-state index in [-0.39, 0.29) is 0 Å². The zero-order chi connectivity index (χ0) is 26.3. The molecule has 0 spiro atoms. The molecule has 188 valence electrons. The van der Waals surface area contributed by atoms with Gasteiger partial charge in [-0.3, -0.25) is 0 Å². The second-order valence-electron chi connectivity index (χ2n) is 9.46. The molecule has 4 aromatic carbocycles. The number of aryl methyl sites for hydroxylation is 2. The molecule has 6 nitrogen and oxygen atoms in total. The van der Waals surface area contributed by atoms with Gasteiger partial charge in [0.05, 0.1) is 5.75 Å². The molecular formula is C32H23AlN2O4. The van der Waals surface area contributed by atoms with E-state index in [0.29, 0.717) is 17.2 Å². The number of hydrogen-bond acceptors (Lipinski definition) is 6. The van der Waals surface area contributed by atoms with Crippen LogP contribution in [-0.2, 0) is 0 Å². The molecule has 0 saturated carbocycles. The molecule has 0 saturated heterocycles. The first-order valence-electron chi connectivity index (χ1n) is 12.7. The predicted octanol–water partition coefficient (Wildman–Crippen LogP) is 7.82. The average molecular weight is 527 g/mol. The molecule has 0 fully saturated rings. The van der Waals surface area contributed by atoms with Crippen LogP contribution in [0, 0.1) is 13.8 Å². The SMILES string of the molecule is Cc1ccc2cccc([O][Al]([O]c3ccc4oc5ccccc5c4c3)[O]c3cccc4ccc(C)nc34)c2n1. The van der Waals surface area contributed by atoms with Gasteiger partial charge in [-0.05, 0) is 62.4 Å². The van der Waals surface area contributed by atoms with Crippen molar-refractivity contribution in [3.05, 3.63) is 115 Å². The van der Waals surface area contributed by atoms with Gasteiger partial charge < -0.3 is 15.8 Å². The molecule has 0 aliphatic rings. The molecule has 7 heteroatoms. The lowest BCUT2D eigenvalue weighted by Gasteiger charge is -2.18. The zero-order valence-electron chi connectivity index (χ0n) is 21.4. The fourth-order valence-electron chi connectivity index (χ4n) is 4.79. The number of nitrogens with zero attached hydrogens (tertiary/aromatic N) is 2. The second kappa shape index (κ2) is 9.63. The van der Waals surface area contributed by atoms with Gasteiger partial charge in [0.15, 0.2) is 0 Å². The Labute approximate surface area is 229 Å². The van der Waals surface area contributed by atoms with Crippen LogP contribution >= 0.6 is 0 Å². The van der Waals surface area contributed by atoms with Crippen molar-refractivity contribution >= 4 is 58.9 Å². The average Bonchev–Trinajstić information content (AvgIpc) is 3.32. The van der Waals surface area contributed by atoms with Crippen LogP contribution in [0.3, 0.4) is 0 Å². The highest BCUT2D eigenvalue weighted by Gasteiger charge is 2.45. The first kappa shape index (κ1) is 23.5. The summed E-state index contributed by atoms with van der Waals surface area (Å²) in [7, 11) is 0. The predicted molar refractivity (Wildman–Crippen MR) is 154 cm³/mol. The molecule has 0 amide bonds. The third-order valence-electron chi connectivity index (χ3n) is 6.67. The highest BCUT2D eigenvalue weighted by molar-refractivity contribution is 6.40. The molecular weight excluding hydrogens is 503 g/mol. The van der Waals surface area contributed by atoms with Crippen LogP contribution in [0.1, 0.15) is 11.4 Å². The van der Waals surface area contributed by atoms with Gasteiger partial charge in [0, 0.05) is 32.9 Å². The molecule has 7 rings (SSSR count). The Bertz CT molecular complexity index is 1920. The van der Waals surface area contributed by atoms with Crippen LogP contribution < -0.4 is 11.4 Å². The first-order valence-corrected chi connectivity index (χ1v) is 14.2. The quantitative estimate of drug-likeness (QED) is 0.206. The molecule has 3 aromatic heterocycles. The summed E-state index contributed by atoms with van der Waals surface area (Å²) in [5.41, 5.74) is 4.98. The Balaban J connectivity index is 1.31. The van der Waals surface area contributed by atoms with Gasteiger partial charge in [-0.2, -0.15) is 0 Å². The summed E-state index contributed by atoms with van der Waals surface area (Å²) in [5.74, 6) is 1.87. The smallest absolute Gasteiger partial charge is 0.577 e. The Morgan fingerprint density at radius 3 is 1.85 bits per heavy atom. The van der Waals surface area contributed by atoms with Gasteiger partial charge in [0.2, 0.25) is 0 Å². The normalized spacial score (nSPS) is 11.3. The lowest BCUT2D eigenvalue weighted by molar-refractivity contribution is 0.310. The number of pyridine rings is 2. The fourth-order valence-corrected chi connectivity index (χ4v) is 6.10. The van der Waals surface area contributed by atoms with Crippen LogP contribution in [0.4, 0.5) is 0 Å². The Kier molecular flexibility index (Phi) is 5.81. The van der Waals surface area contributed by atoms with Crippen molar-refractivity contribution in [1.29, 1.82) is 0 Å². The van der Waals surface area contributed by atoms with E-state index in [0.717, 1.165) is 55.1 Å². The molecule has 0 atom stereocenters. The summed E-state index contributed by atoms with van der Waals surface area (Å²) in [6.07, 6.45) is 0. The van der Waals surface area contributed by atoms with Gasteiger partial charge >= 0.3 is 15.1 Å². The van der Waals surface area contributed by atoms with Gasteiger partial charge in [0.1, 0.15) is 33.7 Å². The summed E-state index contributed by atoms with van der Waals surface area (Å²) in [6, 6.07) is 33.5. The summed E-state index contributed by atoms with van der Waals surface area (Å²) >= 11 is -2.89. The van der Waals surface area contributed by atoms with Crippen molar-refractivity contribution in [2.75, 3.05) is 0 Å². The van der Waals surface area contributed by atoms with E-state index in [1.54, 1.807) is 0 Å². The maximum atomic E-state index is 6.53. The molecule has 3 heterocycles. The van der Waals surface area contributed by atoms with E-state index < -0.39 is 15.1 Å². The van der Waals surface area contributed by atoms with E-state index in [1.165, 1.54) is 0 Å². The van der Waals surface area contributed by atoms with Gasteiger partial charge in [0.25, 0.3) is 0 Å². The number of fused-ring (bicyclic) bond motifs is 5. The van der Waals surface area contributed by atoms with Crippen molar-refractivity contribution in [1.82, 2.24) is 9.97 Å². The third kappa shape index (κ3) is 4.53. The molecule has 7 aromatic rings. The van der Waals surface area contributed by atoms with Crippen LogP contribution in [0.15, 0.2) is 108 Å². The number of hydrogen-bond donors (Lipinski definition) is 0. The van der Waals surface area contributed by atoms with Crippen molar-refractivity contribution < 1.29 is 15.8 Å². The Morgan fingerprint density at radius 2 is 1.18 bits per heavy atom. The second-order valence-corrected chi connectivity index (χ2v) is 10.7. The number of rotatable bonds is 6. The van der Waals surface area contributed by atoms with Crippen molar-refractivity contribution in [2.45, 2.75) is 13.8 Å². The first-order chi connectivity index (χ1) is 19.1. The molecule has 0 radical (unpaired) electrons. The van der Waals surface area contributed by atoms with E-state index in [4.69, 9.17) is 25.8 Å². The fraction of sp³-hybridized carbons (Fsp3) is 0.0625. The van der Waals surface area contributed by atoms with Crippen LogP contribution in [0.5, 0.6) is 17.2 Å². The van der Waals surface area contributed by atoms with Crippen molar-refractivity contribution in [2.24, 2.45) is 0 Å². The molecule has 0 bridgehead atoms. The standard InChI is InChI=1S/C12H8O2.2C10H9NO.Al/c13-8-5-6-12-10(7-8)9-3-1-2-4-11(9)14-12;2*1-7-5-6-8-3-2-4-9(12)10(8)11-7;/h1-7,13H;2*2-6,12H,1H3;/q;;;+3/p-3. The van der Waals surface area contributed by atoms with Gasteiger partial charge in [-0.15, -0.1) is 0 Å². The van der Waals surface area contributed by atoms with Crippen molar-refractivity contribution in [3.8, 4) is 17.2 Å². The van der Waals surface area contributed by atoms with Crippen LogP contribution in [0.25, 0.3) is 43.7 Å². The topological polar surface area (TPSA) is 66.6 Å². The summed E-state index contributed by atoms with van der Waals surface area (Å²) < 4.78 is 25.6. The number of aromatic nitrogens is 2. The molecule has 0 aliphatic carbocycles. The van der Waals surface area contributed by atoms with Gasteiger partial charge in [-0.25, -0.2) is 9.97 Å². The largest absolute Gasteiger partial charge is 1.20 e. The molecule has 0 aliphatic heterocycles. The van der Waals surface area contributed by atoms with E-state index in [2.05, 4.69) is 0 Å². The minimum atomic E-state index is -2.89. The number of furan rings is 1. The highest BCUT2D eigenvalue weighted by atomic mass is 27.3. The van der Waals surface area contributed by atoms with E-state index in [1.807, 2.05) is 117 Å². The monoisotopic (exact) mass is 526 g/mol. The van der Waals surface area contributed by atoms with Crippen LogP contribution in [0.2, 0.25) is 0 Å². The van der Waals surface area contributed by atoms with E-state index >= 15 is 0 Å². The minimum Gasteiger partial charge on any atom is -0.577 e. The number of benzene rings is 4. The van der Waals surface area contributed by atoms with Crippen molar-refractivity contribution in [3.63, 3.8) is 0 Å². The van der Waals surface area contributed by atoms with E-state index in [9.17, 15) is 0 Å². The lowest BCUT2D eigenvalue weighted by atomic mass is 10.1. The number of para-hydroxylation sites is 3. The maximum absolute atomic E-state index is 6.53. The molecule has 0 unspecified atom stereocenters. The minimum absolute atomic E-state index is 0.618. The maximum Gasteiger partial charge on any atom is 1.20 e. The summed E-state index contributed by atoms with van der Waals surface area (Å²) in [6.45, 7) is 3.93. The Morgan fingerprint density at radius 1 is 0.564 bits per heavy atom. The molecule has 0 N–H and O–H groups in total.